The maximum atomic E-state index is 12.0. The van der Waals surface area contributed by atoms with Crippen molar-refractivity contribution in [3.63, 3.8) is 0 Å². The Kier molecular flexibility index (Phi) is 13.4. The molecule has 0 saturated heterocycles. The third-order valence-electron chi connectivity index (χ3n) is 3.50. The molecule has 0 aliphatic rings. The average Bonchev–Trinajstić information content (AvgIpc) is 2.43. The third-order valence-corrected chi connectivity index (χ3v) is 3.50. The minimum Gasteiger partial charge on any atom is -0.450 e. The molecule has 0 saturated carbocycles. The lowest BCUT2D eigenvalue weighted by Gasteiger charge is -2.15. The van der Waals surface area contributed by atoms with Crippen LogP contribution in [0.5, 0.6) is 0 Å². The minimum absolute atomic E-state index is 0.0117. The molecule has 19 heavy (non-hydrogen) atoms. The van der Waals surface area contributed by atoms with Crippen LogP contribution in [-0.2, 0) is 9.53 Å². The molecule has 1 N–H and O–H groups in total. The van der Waals surface area contributed by atoms with Crippen LogP contribution >= 0.6 is 0 Å². The Bertz CT molecular complexity index is 195. The molecule has 0 aliphatic heterocycles. The van der Waals surface area contributed by atoms with E-state index < -0.39 is 0 Å². The molecule has 0 rings (SSSR count). The largest absolute Gasteiger partial charge is 0.450 e. The van der Waals surface area contributed by atoms with E-state index in [1.165, 1.54) is 38.5 Å². The lowest BCUT2D eigenvalue weighted by molar-refractivity contribution is -0.149. The number of rotatable bonds is 13. The maximum absolute atomic E-state index is 12.0. The van der Waals surface area contributed by atoms with Crippen LogP contribution in [-0.4, -0.2) is 19.7 Å². The van der Waals surface area contributed by atoms with Crippen LogP contribution in [0.2, 0.25) is 0 Å². The fraction of sp³-hybridized carbons (Fsp3) is 0.938. The molecule has 3 nitrogen and oxygen atoms in total. The van der Waals surface area contributed by atoms with Crippen molar-refractivity contribution in [2.45, 2.75) is 78.1 Å². The number of ether oxygens (including phenoxy) is 1. The van der Waals surface area contributed by atoms with Gasteiger partial charge in [0.25, 0.3) is 0 Å². The van der Waals surface area contributed by atoms with E-state index >= 15 is 0 Å². The summed E-state index contributed by atoms with van der Waals surface area (Å²) in [5, 5.41) is 2.86. The smallest absolute Gasteiger partial charge is 0.310 e. The summed E-state index contributed by atoms with van der Waals surface area (Å²) < 4.78 is 5.22. The molecular weight excluding hydrogens is 238 g/mol. The molecule has 0 unspecified atom stereocenters. The molecule has 0 radical (unpaired) electrons. The number of nitrogens with one attached hydrogen (secondary N) is 1. The van der Waals surface area contributed by atoms with E-state index in [1.807, 2.05) is 0 Å². The molecule has 0 aliphatic carbocycles. The summed E-state index contributed by atoms with van der Waals surface area (Å²) in [7, 11) is 1.80. The third kappa shape index (κ3) is 11.0. The second-order valence-electron chi connectivity index (χ2n) is 5.36. The normalized spacial score (nSPS) is 10.9. The van der Waals surface area contributed by atoms with E-state index in [-0.39, 0.29) is 11.9 Å². The van der Waals surface area contributed by atoms with Gasteiger partial charge in [-0.25, -0.2) is 0 Å². The van der Waals surface area contributed by atoms with E-state index in [1.54, 1.807) is 7.05 Å². The van der Waals surface area contributed by atoms with Gasteiger partial charge in [0.1, 0.15) is 6.73 Å². The first-order chi connectivity index (χ1) is 9.26. The van der Waals surface area contributed by atoms with Gasteiger partial charge in [0, 0.05) is 0 Å². The Balaban J connectivity index is 3.94. The zero-order valence-corrected chi connectivity index (χ0v) is 13.2. The Morgan fingerprint density at radius 2 is 1.47 bits per heavy atom. The number of hydrogen-bond donors (Lipinski definition) is 1. The number of carbonyl (C=O) groups is 1. The lowest BCUT2D eigenvalue weighted by atomic mass is 9.94. The molecule has 0 aromatic heterocycles. The van der Waals surface area contributed by atoms with Gasteiger partial charge >= 0.3 is 5.97 Å². The molecule has 0 fully saturated rings. The predicted octanol–water partition coefficient (Wildman–Crippen LogP) is 4.26. The van der Waals surface area contributed by atoms with E-state index in [4.69, 9.17) is 4.74 Å². The number of unbranched alkanes of at least 4 members (excludes halogenated alkanes) is 6. The summed E-state index contributed by atoms with van der Waals surface area (Å²) in [6, 6.07) is 0. The second-order valence-corrected chi connectivity index (χ2v) is 5.36. The summed E-state index contributed by atoms with van der Waals surface area (Å²) in [4.78, 5) is 12.0. The van der Waals surface area contributed by atoms with E-state index in [2.05, 4.69) is 19.2 Å². The summed E-state index contributed by atoms with van der Waals surface area (Å²) in [5.74, 6) is 0.101. The van der Waals surface area contributed by atoms with Crippen molar-refractivity contribution in [1.82, 2.24) is 5.32 Å². The second kappa shape index (κ2) is 13.9. The zero-order valence-electron chi connectivity index (χ0n) is 13.2. The standard InChI is InChI=1S/C16H33NO2/c1-4-6-8-10-12-15(13-11-9-7-5-2)16(18)19-14-17-3/h15,17H,4-14H2,1-3H3. The Labute approximate surface area is 119 Å². The van der Waals surface area contributed by atoms with Gasteiger partial charge in [0.05, 0.1) is 5.92 Å². The molecular formula is C16H33NO2. The number of esters is 1. The van der Waals surface area contributed by atoms with Crippen molar-refractivity contribution in [1.29, 1.82) is 0 Å². The van der Waals surface area contributed by atoms with Gasteiger partial charge < -0.3 is 4.74 Å². The van der Waals surface area contributed by atoms with Crippen LogP contribution in [0.3, 0.4) is 0 Å². The van der Waals surface area contributed by atoms with Crippen LogP contribution in [0.1, 0.15) is 78.1 Å². The molecule has 114 valence electrons. The van der Waals surface area contributed by atoms with Crippen molar-refractivity contribution in [2.24, 2.45) is 5.92 Å². The first kappa shape index (κ1) is 18.4. The molecule has 0 amide bonds. The van der Waals surface area contributed by atoms with Crippen LogP contribution in [0.4, 0.5) is 0 Å². The van der Waals surface area contributed by atoms with Gasteiger partial charge in [-0.15, -0.1) is 0 Å². The molecule has 0 aromatic carbocycles. The van der Waals surface area contributed by atoms with Gasteiger partial charge in [-0.1, -0.05) is 65.2 Å². The van der Waals surface area contributed by atoms with Crippen molar-refractivity contribution in [3.05, 3.63) is 0 Å². The van der Waals surface area contributed by atoms with Crippen LogP contribution in [0.25, 0.3) is 0 Å². The highest BCUT2D eigenvalue weighted by molar-refractivity contribution is 5.72. The molecule has 0 atom stereocenters. The Morgan fingerprint density at radius 1 is 0.947 bits per heavy atom. The van der Waals surface area contributed by atoms with Crippen molar-refractivity contribution in [2.75, 3.05) is 13.8 Å². The highest BCUT2D eigenvalue weighted by Crippen LogP contribution is 2.19. The van der Waals surface area contributed by atoms with Gasteiger partial charge in [-0.3, -0.25) is 10.1 Å². The quantitative estimate of drug-likeness (QED) is 0.309. The average molecular weight is 271 g/mol. The van der Waals surface area contributed by atoms with E-state index in [0.717, 1.165) is 25.7 Å². The summed E-state index contributed by atoms with van der Waals surface area (Å²) in [6.45, 7) is 4.76. The molecule has 0 aromatic rings. The van der Waals surface area contributed by atoms with Crippen molar-refractivity contribution in [3.8, 4) is 0 Å². The first-order valence-corrected chi connectivity index (χ1v) is 8.07. The zero-order chi connectivity index (χ0) is 14.3. The van der Waals surface area contributed by atoms with E-state index in [9.17, 15) is 4.79 Å². The van der Waals surface area contributed by atoms with Crippen LogP contribution in [0, 0.1) is 5.92 Å². The predicted molar refractivity (Wildman–Crippen MR) is 81.0 cm³/mol. The highest BCUT2D eigenvalue weighted by Gasteiger charge is 2.18. The summed E-state index contributed by atoms with van der Waals surface area (Å²) in [6.07, 6.45) is 11.8. The Hall–Kier alpha value is -0.570. The fourth-order valence-corrected chi connectivity index (χ4v) is 2.28. The van der Waals surface area contributed by atoms with Gasteiger partial charge in [0.2, 0.25) is 0 Å². The minimum atomic E-state index is -0.0117. The fourth-order valence-electron chi connectivity index (χ4n) is 2.28. The topological polar surface area (TPSA) is 38.3 Å². The van der Waals surface area contributed by atoms with Crippen molar-refractivity contribution >= 4 is 5.97 Å². The molecule has 0 spiro atoms. The van der Waals surface area contributed by atoms with Gasteiger partial charge in [0.15, 0.2) is 0 Å². The highest BCUT2D eigenvalue weighted by atomic mass is 16.5. The number of carbonyl (C=O) groups excluding carboxylic acids is 1. The maximum Gasteiger partial charge on any atom is 0.310 e. The summed E-state index contributed by atoms with van der Waals surface area (Å²) >= 11 is 0. The summed E-state index contributed by atoms with van der Waals surface area (Å²) in [5.41, 5.74) is 0. The van der Waals surface area contributed by atoms with Crippen LogP contribution < -0.4 is 5.32 Å². The molecule has 3 heteroatoms. The number of hydrogen-bond acceptors (Lipinski definition) is 3. The monoisotopic (exact) mass is 271 g/mol. The van der Waals surface area contributed by atoms with Gasteiger partial charge in [-0.2, -0.15) is 0 Å². The van der Waals surface area contributed by atoms with Crippen LogP contribution in [0.15, 0.2) is 0 Å². The Morgan fingerprint density at radius 3 is 1.89 bits per heavy atom. The molecule has 0 bridgehead atoms. The van der Waals surface area contributed by atoms with E-state index in [0.29, 0.717) is 6.73 Å². The molecule has 0 heterocycles. The van der Waals surface area contributed by atoms with Crippen molar-refractivity contribution < 1.29 is 9.53 Å². The lowest BCUT2D eigenvalue weighted by Crippen LogP contribution is -2.23. The SMILES string of the molecule is CCCCCCC(CCCCCC)C(=O)OCNC. The first-order valence-electron chi connectivity index (χ1n) is 8.07. The van der Waals surface area contributed by atoms with Gasteiger partial charge in [-0.05, 0) is 19.9 Å².